The van der Waals surface area contributed by atoms with Gasteiger partial charge >= 0.3 is 20.4 Å². The molecule has 3 aromatic rings. The maximum absolute atomic E-state index is 11.6. The van der Waals surface area contributed by atoms with Gasteiger partial charge in [0.2, 0.25) is 0 Å². The molecule has 178 valence electrons. The van der Waals surface area contributed by atoms with Gasteiger partial charge in [0, 0.05) is 23.3 Å². The van der Waals surface area contributed by atoms with E-state index in [2.05, 4.69) is 14.7 Å². The van der Waals surface area contributed by atoms with Gasteiger partial charge in [0.25, 0.3) is 0 Å². The zero-order chi connectivity index (χ0) is 20.6. The van der Waals surface area contributed by atoms with Crippen LogP contribution in [0.15, 0.2) is 78.0 Å². The number of benzene rings is 1. The van der Waals surface area contributed by atoms with Crippen molar-refractivity contribution in [3.63, 3.8) is 0 Å². The number of aromatic nitrogens is 2. The third-order valence-corrected chi connectivity index (χ3v) is 5.01. The van der Waals surface area contributed by atoms with Gasteiger partial charge in [0.05, 0.1) is 11.4 Å². The van der Waals surface area contributed by atoms with Crippen molar-refractivity contribution in [1.82, 2.24) is 9.97 Å². The summed E-state index contributed by atoms with van der Waals surface area (Å²) in [4.78, 5) is 18.7. The third kappa shape index (κ3) is 10.7. The molecule has 0 aliphatic heterocycles. The molecule has 1 aromatic carbocycles. The molecular formula is C20H25N3O7PdS. The minimum absolute atomic E-state index is 0. The average Bonchev–Trinajstić information content (AvgIpc) is 2.70. The zero-order valence-corrected chi connectivity index (χ0v) is 19.6. The summed E-state index contributed by atoms with van der Waals surface area (Å²) in [7, 11) is -3.92. The van der Waals surface area contributed by atoms with Gasteiger partial charge in [-0.3, -0.25) is 9.97 Å². The quantitative estimate of drug-likeness (QED) is 0.389. The Labute approximate surface area is 200 Å². The van der Waals surface area contributed by atoms with Crippen LogP contribution in [0.25, 0.3) is 16.1 Å². The van der Waals surface area contributed by atoms with Gasteiger partial charge in [-0.05, 0) is 43.3 Å². The van der Waals surface area contributed by atoms with E-state index in [0.29, 0.717) is 0 Å². The number of rotatable bonds is 5. The van der Waals surface area contributed by atoms with Crippen LogP contribution in [-0.2, 0) is 35.2 Å². The average molecular weight is 558 g/mol. The number of carbonyl (C=O) groups is 1. The minimum atomic E-state index is -3.92. The van der Waals surface area contributed by atoms with Gasteiger partial charge in [-0.1, -0.05) is 42.8 Å². The smallest absolute Gasteiger partial charge is 0.552 e. The molecule has 0 saturated carbocycles. The molecule has 2 heterocycles. The van der Waals surface area contributed by atoms with Crippen molar-refractivity contribution in [2.24, 2.45) is 0 Å². The third-order valence-electron chi connectivity index (χ3n) is 3.55. The Morgan fingerprint density at radius 2 is 1.31 bits per heavy atom. The van der Waals surface area contributed by atoms with E-state index in [1.807, 2.05) is 43.3 Å². The van der Waals surface area contributed by atoms with Gasteiger partial charge in [-0.25, -0.2) is 8.42 Å². The summed E-state index contributed by atoms with van der Waals surface area (Å²) in [6, 6.07) is 16.2. The van der Waals surface area contributed by atoms with E-state index in [0.717, 1.165) is 23.9 Å². The summed E-state index contributed by atoms with van der Waals surface area (Å²) in [5, 5.41) is 10.4. The van der Waals surface area contributed by atoms with Gasteiger partial charge in [-0.2, -0.15) is 0 Å². The number of pyridine rings is 2. The number of carboxylic acid groups (broad SMARTS) is 1. The van der Waals surface area contributed by atoms with Crippen LogP contribution in [0.1, 0.15) is 12.5 Å². The predicted octanol–water partition coefficient (Wildman–Crippen LogP) is -0.137. The van der Waals surface area contributed by atoms with Gasteiger partial charge in [0.15, 0.2) is 0 Å². The van der Waals surface area contributed by atoms with Crippen LogP contribution in [0, 0.1) is 6.92 Å². The van der Waals surface area contributed by atoms with Gasteiger partial charge < -0.3 is 31.1 Å². The molecule has 32 heavy (non-hydrogen) atoms. The monoisotopic (exact) mass is 557 g/mol. The Kier molecular flexibility index (Phi) is 17.2. The molecule has 10 nitrogen and oxygen atoms in total. The Balaban J connectivity index is -0.000000478. The Morgan fingerprint density at radius 3 is 1.66 bits per heavy atom. The standard InChI is InChI=1S/C10H8N2.C10H12NO4S.3H2O.Pd/c1-3-7-11-9(5-1)10-6-2-4-8-12-10;1-7-3-5-9(6-4-7)16(14,15)11-8(2)10(12)13;;;;/h1-8H;3-6,8H,1-2H3,(H,12,13);3*1H2;/q;-1;;;;+2/p-1. The zero-order valence-electron chi connectivity index (χ0n) is 17.2. The Bertz CT molecular complexity index is 969. The van der Waals surface area contributed by atoms with Crippen LogP contribution in [0.3, 0.4) is 0 Å². The van der Waals surface area contributed by atoms with Crippen molar-refractivity contribution < 1.29 is 55.2 Å². The SMILES string of the molecule is Cc1ccc(S(=O)(=O)[N-]C(C)C(=O)[O-])cc1.O.O.O.[Pd+2].c1ccc(-c2ccccn2)nc1. The molecule has 0 fully saturated rings. The van der Waals surface area contributed by atoms with E-state index >= 15 is 0 Å². The maximum Gasteiger partial charge on any atom is 2.00 e. The number of nitrogens with zero attached hydrogens (tertiary/aromatic N) is 3. The van der Waals surface area contributed by atoms with E-state index in [-0.39, 0.29) is 41.7 Å². The van der Waals surface area contributed by atoms with E-state index < -0.39 is 22.0 Å². The molecular weight excluding hydrogens is 533 g/mol. The molecule has 2 aromatic heterocycles. The van der Waals surface area contributed by atoms with Crippen molar-refractivity contribution in [1.29, 1.82) is 0 Å². The minimum Gasteiger partial charge on any atom is -0.552 e. The molecule has 0 amide bonds. The molecule has 1 atom stereocenters. The van der Waals surface area contributed by atoms with E-state index in [1.54, 1.807) is 24.5 Å². The molecule has 6 N–H and O–H groups in total. The molecule has 12 heteroatoms. The van der Waals surface area contributed by atoms with Crippen molar-refractivity contribution in [3.05, 3.63) is 83.3 Å². The molecule has 1 unspecified atom stereocenters. The molecule has 3 rings (SSSR count). The van der Waals surface area contributed by atoms with Crippen LogP contribution in [-0.4, -0.2) is 46.8 Å². The summed E-state index contributed by atoms with van der Waals surface area (Å²) in [6.07, 6.45) is 3.54. The van der Waals surface area contributed by atoms with Crippen LogP contribution < -0.4 is 5.11 Å². The first-order valence-corrected chi connectivity index (χ1v) is 9.80. The first kappa shape index (κ1) is 34.1. The molecule has 0 aliphatic rings. The first-order valence-electron chi connectivity index (χ1n) is 8.36. The fraction of sp³-hybridized carbons (Fsp3) is 0.150. The number of carbonyl (C=O) groups excluding carboxylic acids is 1. The number of carboxylic acids is 1. The molecule has 0 radical (unpaired) electrons. The van der Waals surface area contributed by atoms with Crippen LogP contribution in [0.5, 0.6) is 0 Å². The number of aryl methyl sites for hydroxylation is 1. The Morgan fingerprint density at radius 1 is 0.875 bits per heavy atom. The molecule has 0 saturated heterocycles. The number of sulfonamides is 1. The van der Waals surface area contributed by atoms with Crippen molar-refractivity contribution in [2.45, 2.75) is 24.8 Å². The van der Waals surface area contributed by atoms with E-state index in [4.69, 9.17) is 0 Å². The van der Waals surface area contributed by atoms with Gasteiger partial charge in [0.1, 0.15) is 10.0 Å². The summed E-state index contributed by atoms with van der Waals surface area (Å²) in [5.41, 5.74) is 2.74. The molecule has 0 aliphatic carbocycles. The number of aliphatic carboxylic acids is 1. The molecule has 0 bridgehead atoms. The fourth-order valence-electron chi connectivity index (χ4n) is 2.05. The van der Waals surface area contributed by atoms with E-state index in [1.165, 1.54) is 12.1 Å². The van der Waals surface area contributed by atoms with Crippen LogP contribution in [0.2, 0.25) is 0 Å². The second-order valence-corrected chi connectivity index (χ2v) is 7.45. The van der Waals surface area contributed by atoms with Crippen molar-refractivity contribution in [2.75, 3.05) is 0 Å². The summed E-state index contributed by atoms with van der Waals surface area (Å²) >= 11 is 0. The van der Waals surface area contributed by atoms with Crippen LogP contribution >= 0.6 is 0 Å². The van der Waals surface area contributed by atoms with Crippen LogP contribution in [0.4, 0.5) is 0 Å². The summed E-state index contributed by atoms with van der Waals surface area (Å²) in [6.45, 7) is 2.97. The topological polar surface area (TPSA) is 209 Å². The first-order chi connectivity index (χ1) is 13.3. The maximum atomic E-state index is 11.6. The van der Waals surface area contributed by atoms with Crippen molar-refractivity contribution >= 4 is 16.0 Å². The summed E-state index contributed by atoms with van der Waals surface area (Å²) in [5.74, 6) is -1.52. The Hall–Kier alpha value is -2.56. The second-order valence-electron chi connectivity index (χ2n) is 5.82. The summed E-state index contributed by atoms with van der Waals surface area (Å²) < 4.78 is 26.4. The van der Waals surface area contributed by atoms with E-state index in [9.17, 15) is 18.3 Å². The predicted molar refractivity (Wildman–Crippen MR) is 115 cm³/mol. The fourth-order valence-corrected chi connectivity index (χ4v) is 3.15. The normalized spacial score (nSPS) is 10.3. The molecule has 0 spiro atoms. The largest absolute Gasteiger partial charge is 2.00 e. The van der Waals surface area contributed by atoms with Crippen molar-refractivity contribution in [3.8, 4) is 11.4 Å². The second kappa shape index (κ2) is 16.1. The van der Waals surface area contributed by atoms with Gasteiger partial charge in [-0.15, -0.1) is 0 Å². The number of hydrogen-bond donors (Lipinski definition) is 0. The number of hydrogen-bond acceptors (Lipinski definition) is 6.